The first-order valence-electron chi connectivity index (χ1n) is 11.5. The molecular weight excluding hydrogens is 370 g/mol. The number of amides is 1. The van der Waals surface area contributed by atoms with Gasteiger partial charge in [-0.25, -0.2) is 9.59 Å². The Labute approximate surface area is 178 Å². The maximum atomic E-state index is 12.5. The Morgan fingerprint density at radius 1 is 0.793 bits per heavy atom. The molecule has 172 valence electrons. The van der Waals surface area contributed by atoms with Crippen molar-refractivity contribution in [1.82, 2.24) is 4.90 Å². The van der Waals surface area contributed by atoms with Crippen LogP contribution in [0.4, 0.5) is 4.79 Å². The number of unbranched alkanes of at least 4 members (excludes halogenated alkanes) is 9. The highest BCUT2D eigenvalue weighted by atomic mass is 16.6. The third-order valence-electron chi connectivity index (χ3n) is 4.98. The van der Waals surface area contributed by atoms with E-state index in [1.807, 2.05) is 13.8 Å². The average molecular weight is 416 g/mol. The van der Waals surface area contributed by atoms with E-state index in [0.717, 1.165) is 12.8 Å². The van der Waals surface area contributed by atoms with Crippen molar-refractivity contribution in [1.29, 1.82) is 0 Å². The lowest BCUT2D eigenvalue weighted by Gasteiger charge is -2.27. The number of nitrogens with zero attached hydrogens (tertiary/aromatic N) is 1. The molecule has 0 aliphatic rings. The number of likely N-dealkylation sites (N-methyl/N-ethyl adjacent to an activating group) is 1. The van der Waals surface area contributed by atoms with Crippen molar-refractivity contribution in [2.24, 2.45) is 5.92 Å². The van der Waals surface area contributed by atoms with Crippen LogP contribution < -0.4 is 0 Å². The predicted molar refractivity (Wildman–Crippen MR) is 117 cm³/mol. The molecule has 0 heterocycles. The van der Waals surface area contributed by atoms with E-state index < -0.39 is 12.1 Å². The SMILES string of the molecule is CCCCCCCCCCCCOC(=O)C(CC(C)C)N(C)C(=O)OCCOC. The summed E-state index contributed by atoms with van der Waals surface area (Å²) in [4.78, 5) is 26.0. The summed E-state index contributed by atoms with van der Waals surface area (Å²) in [5.74, 6) is -0.0834. The van der Waals surface area contributed by atoms with Gasteiger partial charge in [0.25, 0.3) is 0 Å². The van der Waals surface area contributed by atoms with Gasteiger partial charge in [-0.2, -0.15) is 0 Å². The minimum atomic E-state index is -0.617. The third kappa shape index (κ3) is 15.2. The Hall–Kier alpha value is -1.30. The fourth-order valence-electron chi connectivity index (χ4n) is 3.16. The molecule has 0 aliphatic heterocycles. The van der Waals surface area contributed by atoms with Crippen LogP contribution >= 0.6 is 0 Å². The first kappa shape index (κ1) is 27.7. The topological polar surface area (TPSA) is 65.1 Å². The molecule has 1 atom stereocenters. The number of hydrogen-bond acceptors (Lipinski definition) is 5. The van der Waals surface area contributed by atoms with Gasteiger partial charge >= 0.3 is 12.1 Å². The molecular formula is C23H45NO5. The molecule has 6 heteroatoms. The van der Waals surface area contributed by atoms with E-state index in [4.69, 9.17) is 14.2 Å². The molecule has 1 unspecified atom stereocenters. The van der Waals surface area contributed by atoms with Gasteiger partial charge in [0.2, 0.25) is 0 Å². The standard InChI is InChI=1S/C23H45NO5/c1-6-7-8-9-10-11-12-13-14-15-16-28-22(25)21(19-20(2)3)24(4)23(26)29-18-17-27-5/h20-21H,6-19H2,1-5H3. The molecule has 0 radical (unpaired) electrons. The first-order chi connectivity index (χ1) is 13.9. The Balaban J connectivity index is 4.07. The quantitative estimate of drug-likeness (QED) is 0.216. The molecule has 0 fully saturated rings. The second-order valence-electron chi connectivity index (χ2n) is 8.21. The molecule has 0 bridgehead atoms. The van der Waals surface area contributed by atoms with E-state index in [9.17, 15) is 9.59 Å². The van der Waals surface area contributed by atoms with E-state index in [-0.39, 0.29) is 18.5 Å². The lowest BCUT2D eigenvalue weighted by molar-refractivity contribution is -0.149. The zero-order valence-corrected chi connectivity index (χ0v) is 19.5. The van der Waals surface area contributed by atoms with Crippen molar-refractivity contribution < 1.29 is 23.8 Å². The minimum Gasteiger partial charge on any atom is -0.464 e. The summed E-state index contributed by atoms with van der Waals surface area (Å²) in [6.45, 7) is 7.19. The van der Waals surface area contributed by atoms with Crippen LogP contribution in [0, 0.1) is 5.92 Å². The van der Waals surface area contributed by atoms with Crippen LogP contribution in [0.25, 0.3) is 0 Å². The van der Waals surface area contributed by atoms with Gasteiger partial charge in [-0.1, -0.05) is 78.6 Å². The zero-order chi connectivity index (χ0) is 21.9. The summed E-state index contributed by atoms with van der Waals surface area (Å²) in [6, 6.07) is -0.617. The van der Waals surface area contributed by atoms with E-state index >= 15 is 0 Å². The lowest BCUT2D eigenvalue weighted by atomic mass is 10.0. The molecule has 0 aromatic heterocycles. The second kappa shape index (κ2) is 18.7. The highest BCUT2D eigenvalue weighted by Gasteiger charge is 2.29. The molecule has 0 saturated carbocycles. The molecule has 0 aromatic carbocycles. The lowest BCUT2D eigenvalue weighted by Crippen LogP contribution is -2.44. The van der Waals surface area contributed by atoms with Gasteiger partial charge in [-0.15, -0.1) is 0 Å². The molecule has 0 aromatic rings. The average Bonchev–Trinajstić information content (AvgIpc) is 2.69. The first-order valence-corrected chi connectivity index (χ1v) is 11.5. The van der Waals surface area contributed by atoms with Gasteiger partial charge < -0.3 is 14.2 Å². The maximum Gasteiger partial charge on any atom is 0.410 e. The largest absolute Gasteiger partial charge is 0.464 e. The highest BCUT2D eigenvalue weighted by molar-refractivity contribution is 5.81. The predicted octanol–water partition coefficient (Wildman–Crippen LogP) is 5.58. The number of ether oxygens (including phenoxy) is 3. The van der Waals surface area contributed by atoms with Gasteiger partial charge in [0.1, 0.15) is 12.6 Å². The van der Waals surface area contributed by atoms with Crippen LogP contribution in [-0.2, 0) is 19.0 Å². The van der Waals surface area contributed by atoms with E-state index in [1.54, 1.807) is 14.2 Å². The molecule has 1 amide bonds. The van der Waals surface area contributed by atoms with Crippen LogP contribution in [-0.4, -0.2) is 57.0 Å². The molecule has 0 aliphatic carbocycles. The monoisotopic (exact) mass is 415 g/mol. The van der Waals surface area contributed by atoms with E-state index in [0.29, 0.717) is 19.6 Å². The summed E-state index contributed by atoms with van der Waals surface area (Å²) in [6.07, 6.45) is 12.4. The van der Waals surface area contributed by atoms with Crippen LogP contribution in [0.5, 0.6) is 0 Å². The Morgan fingerprint density at radius 3 is 1.86 bits per heavy atom. The minimum absolute atomic E-state index is 0.168. The van der Waals surface area contributed by atoms with Gasteiger partial charge in [0.15, 0.2) is 0 Å². The van der Waals surface area contributed by atoms with Gasteiger partial charge in [-0.05, 0) is 18.8 Å². The molecule has 0 N–H and O–H groups in total. The summed E-state index contributed by atoms with van der Waals surface area (Å²) in [5.41, 5.74) is 0. The maximum absolute atomic E-state index is 12.5. The number of hydrogen-bond donors (Lipinski definition) is 0. The normalized spacial score (nSPS) is 12.1. The van der Waals surface area contributed by atoms with Crippen molar-refractivity contribution >= 4 is 12.1 Å². The van der Waals surface area contributed by atoms with Crippen molar-refractivity contribution in [3.8, 4) is 0 Å². The van der Waals surface area contributed by atoms with Crippen LogP contribution in [0.15, 0.2) is 0 Å². The fraction of sp³-hybridized carbons (Fsp3) is 0.913. The van der Waals surface area contributed by atoms with Crippen LogP contribution in [0.3, 0.4) is 0 Å². The van der Waals surface area contributed by atoms with Crippen LogP contribution in [0.2, 0.25) is 0 Å². The molecule has 0 spiro atoms. The van der Waals surface area contributed by atoms with E-state index in [1.165, 1.54) is 56.3 Å². The van der Waals surface area contributed by atoms with Gasteiger partial charge in [0, 0.05) is 14.2 Å². The van der Waals surface area contributed by atoms with Crippen molar-refractivity contribution in [2.45, 2.75) is 97.4 Å². The number of carbonyl (C=O) groups excluding carboxylic acids is 2. The number of rotatable bonds is 18. The van der Waals surface area contributed by atoms with Gasteiger partial charge in [-0.3, -0.25) is 4.90 Å². The second-order valence-corrected chi connectivity index (χ2v) is 8.21. The van der Waals surface area contributed by atoms with Crippen molar-refractivity contribution in [3.63, 3.8) is 0 Å². The smallest absolute Gasteiger partial charge is 0.410 e. The number of carbonyl (C=O) groups is 2. The summed E-state index contributed by atoms with van der Waals surface area (Å²) in [5, 5.41) is 0. The summed E-state index contributed by atoms with van der Waals surface area (Å²) < 4.78 is 15.5. The van der Waals surface area contributed by atoms with Gasteiger partial charge in [0.05, 0.1) is 13.2 Å². The molecule has 0 rings (SSSR count). The Morgan fingerprint density at radius 2 is 1.34 bits per heavy atom. The third-order valence-corrected chi connectivity index (χ3v) is 4.98. The highest BCUT2D eigenvalue weighted by Crippen LogP contribution is 2.14. The summed E-state index contributed by atoms with van der Waals surface area (Å²) >= 11 is 0. The van der Waals surface area contributed by atoms with Crippen LogP contribution in [0.1, 0.15) is 91.4 Å². The molecule has 29 heavy (non-hydrogen) atoms. The van der Waals surface area contributed by atoms with Crippen molar-refractivity contribution in [2.75, 3.05) is 34.0 Å². The number of esters is 1. The van der Waals surface area contributed by atoms with E-state index in [2.05, 4.69) is 6.92 Å². The molecule has 6 nitrogen and oxygen atoms in total. The zero-order valence-electron chi connectivity index (χ0n) is 19.5. The Kier molecular flexibility index (Phi) is 17.9. The molecule has 0 saturated heterocycles. The number of methoxy groups -OCH3 is 1. The Bertz CT molecular complexity index is 414. The summed E-state index contributed by atoms with van der Waals surface area (Å²) in [7, 11) is 3.13. The fourth-order valence-corrected chi connectivity index (χ4v) is 3.16. The van der Waals surface area contributed by atoms with Crippen molar-refractivity contribution in [3.05, 3.63) is 0 Å².